The highest BCUT2D eigenvalue weighted by Crippen LogP contribution is 2.18. The molecule has 106 valence electrons. The number of hydrogen-bond donors (Lipinski definition) is 1. The Balaban J connectivity index is 2.00. The minimum absolute atomic E-state index is 0.138. The molecule has 0 aliphatic rings. The monoisotopic (exact) mass is 282 g/mol. The molecule has 2 aromatic rings. The molecular formula is C17H15FN2O. The zero-order chi connectivity index (χ0) is 15.2. The number of carbonyl (C=O) groups is 1. The van der Waals surface area contributed by atoms with Gasteiger partial charge in [0.25, 0.3) is 0 Å². The van der Waals surface area contributed by atoms with E-state index in [9.17, 15) is 9.18 Å². The van der Waals surface area contributed by atoms with Crippen molar-refractivity contribution in [3.63, 3.8) is 0 Å². The predicted octanol–water partition coefficient (Wildman–Crippen LogP) is 3.58. The van der Waals surface area contributed by atoms with Crippen molar-refractivity contribution < 1.29 is 9.18 Å². The number of aryl methyl sites for hydroxylation is 2. The molecule has 1 amide bonds. The summed E-state index contributed by atoms with van der Waals surface area (Å²) in [6.45, 7) is 2.00. The van der Waals surface area contributed by atoms with E-state index in [2.05, 4.69) is 5.32 Å². The first-order valence-corrected chi connectivity index (χ1v) is 6.64. The lowest BCUT2D eigenvalue weighted by Gasteiger charge is -2.08. The van der Waals surface area contributed by atoms with Gasteiger partial charge in [0.2, 0.25) is 5.91 Å². The van der Waals surface area contributed by atoms with E-state index in [0.717, 1.165) is 11.1 Å². The molecule has 2 aromatic carbocycles. The van der Waals surface area contributed by atoms with E-state index in [1.807, 2.05) is 31.2 Å². The smallest absolute Gasteiger partial charge is 0.224 e. The van der Waals surface area contributed by atoms with Crippen molar-refractivity contribution in [3.8, 4) is 6.07 Å². The second-order valence-corrected chi connectivity index (χ2v) is 4.81. The molecule has 0 heterocycles. The first kappa shape index (κ1) is 14.7. The van der Waals surface area contributed by atoms with Gasteiger partial charge in [-0.1, -0.05) is 35.9 Å². The van der Waals surface area contributed by atoms with Crippen molar-refractivity contribution in [2.45, 2.75) is 19.8 Å². The number of nitriles is 1. The highest BCUT2D eigenvalue weighted by atomic mass is 19.1. The van der Waals surface area contributed by atoms with E-state index in [1.165, 1.54) is 18.2 Å². The number of nitrogens with one attached hydrogen (secondary N) is 1. The largest absolute Gasteiger partial charge is 0.325 e. The Hall–Kier alpha value is -2.67. The maximum absolute atomic E-state index is 13.4. The molecule has 0 aliphatic heterocycles. The average molecular weight is 282 g/mol. The SMILES string of the molecule is Cc1cccc(CCC(=O)Nc2cccc(F)c2C#N)c1. The molecule has 0 spiro atoms. The summed E-state index contributed by atoms with van der Waals surface area (Å²) < 4.78 is 13.4. The first-order chi connectivity index (χ1) is 10.1. The van der Waals surface area contributed by atoms with Crippen LogP contribution in [0.15, 0.2) is 42.5 Å². The van der Waals surface area contributed by atoms with Crippen molar-refractivity contribution in [1.82, 2.24) is 0 Å². The van der Waals surface area contributed by atoms with Crippen molar-refractivity contribution in [1.29, 1.82) is 5.26 Å². The van der Waals surface area contributed by atoms with Crippen LogP contribution in [-0.2, 0) is 11.2 Å². The summed E-state index contributed by atoms with van der Waals surface area (Å²) in [6, 6.07) is 13.9. The Kier molecular flexibility index (Phi) is 4.68. The number of amides is 1. The molecule has 0 saturated carbocycles. The van der Waals surface area contributed by atoms with Gasteiger partial charge in [-0.25, -0.2) is 4.39 Å². The molecule has 21 heavy (non-hydrogen) atoms. The van der Waals surface area contributed by atoms with Crippen LogP contribution in [-0.4, -0.2) is 5.91 Å². The fourth-order valence-corrected chi connectivity index (χ4v) is 2.08. The lowest BCUT2D eigenvalue weighted by Crippen LogP contribution is -2.13. The van der Waals surface area contributed by atoms with Crippen molar-refractivity contribution in [3.05, 3.63) is 65.0 Å². The van der Waals surface area contributed by atoms with Crippen LogP contribution in [0.5, 0.6) is 0 Å². The first-order valence-electron chi connectivity index (χ1n) is 6.64. The minimum atomic E-state index is -0.631. The Morgan fingerprint density at radius 1 is 1.29 bits per heavy atom. The van der Waals surface area contributed by atoms with E-state index in [4.69, 9.17) is 5.26 Å². The summed E-state index contributed by atoms with van der Waals surface area (Å²) in [7, 11) is 0. The zero-order valence-corrected chi connectivity index (χ0v) is 11.7. The molecule has 0 radical (unpaired) electrons. The van der Waals surface area contributed by atoms with Gasteiger partial charge in [0.15, 0.2) is 0 Å². The highest BCUT2D eigenvalue weighted by Gasteiger charge is 2.10. The Morgan fingerprint density at radius 3 is 2.76 bits per heavy atom. The lowest BCUT2D eigenvalue weighted by molar-refractivity contribution is -0.116. The van der Waals surface area contributed by atoms with Crippen LogP contribution in [0.2, 0.25) is 0 Å². The number of carbonyl (C=O) groups excluding carboxylic acids is 1. The summed E-state index contributed by atoms with van der Waals surface area (Å²) in [5, 5.41) is 11.5. The summed E-state index contributed by atoms with van der Waals surface area (Å²) >= 11 is 0. The Labute approximate surface area is 123 Å². The Bertz CT molecular complexity index is 704. The number of anilines is 1. The molecule has 0 atom stereocenters. The van der Waals surface area contributed by atoms with E-state index >= 15 is 0 Å². The fraction of sp³-hybridized carbons (Fsp3) is 0.176. The number of hydrogen-bond acceptors (Lipinski definition) is 2. The van der Waals surface area contributed by atoms with Crippen LogP contribution >= 0.6 is 0 Å². The second-order valence-electron chi connectivity index (χ2n) is 4.81. The van der Waals surface area contributed by atoms with Gasteiger partial charge in [-0.15, -0.1) is 0 Å². The molecule has 1 N–H and O–H groups in total. The van der Waals surface area contributed by atoms with E-state index in [0.29, 0.717) is 6.42 Å². The normalized spacial score (nSPS) is 9.95. The van der Waals surface area contributed by atoms with E-state index < -0.39 is 5.82 Å². The topological polar surface area (TPSA) is 52.9 Å². The van der Waals surface area contributed by atoms with E-state index in [1.54, 1.807) is 6.07 Å². The fourth-order valence-electron chi connectivity index (χ4n) is 2.08. The standard InChI is InChI=1S/C17H15FN2O/c1-12-4-2-5-13(10-12)8-9-17(21)20-16-7-3-6-15(18)14(16)11-19/h2-7,10H,8-9H2,1H3,(H,20,21). The molecule has 2 rings (SSSR count). The summed E-state index contributed by atoms with van der Waals surface area (Å²) in [5.41, 5.74) is 2.29. The van der Waals surface area contributed by atoms with Crippen molar-refractivity contribution in [2.24, 2.45) is 0 Å². The van der Waals surface area contributed by atoms with Crippen LogP contribution in [0.4, 0.5) is 10.1 Å². The molecule has 0 unspecified atom stereocenters. The van der Waals surface area contributed by atoms with E-state index in [-0.39, 0.29) is 23.6 Å². The van der Waals surface area contributed by atoms with Crippen LogP contribution in [0.1, 0.15) is 23.1 Å². The molecule has 3 nitrogen and oxygen atoms in total. The van der Waals surface area contributed by atoms with Gasteiger partial charge in [0, 0.05) is 6.42 Å². The van der Waals surface area contributed by atoms with Crippen LogP contribution in [0.3, 0.4) is 0 Å². The molecule has 0 fully saturated rings. The van der Waals surface area contributed by atoms with Gasteiger partial charge in [0.05, 0.1) is 5.69 Å². The van der Waals surface area contributed by atoms with Crippen LogP contribution < -0.4 is 5.32 Å². The molecule has 0 aliphatic carbocycles. The predicted molar refractivity (Wildman–Crippen MR) is 79.2 cm³/mol. The van der Waals surface area contributed by atoms with Gasteiger partial charge in [-0.2, -0.15) is 5.26 Å². The molecule has 0 bridgehead atoms. The molecule has 0 aromatic heterocycles. The summed E-state index contributed by atoms with van der Waals surface area (Å²) in [4.78, 5) is 11.9. The zero-order valence-electron chi connectivity index (χ0n) is 11.7. The van der Waals surface area contributed by atoms with Gasteiger partial charge in [-0.3, -0.25) is 4.79 Å². The number of nitrogens with zero attached hydrogens (tertiary/aromatic N) is 1. The molecule has 0 saturated heterocycles. The number of rotatable bonds is 4. The minimum Gasteiger partial charge on any atom is -0.325 e. The van der Waals surface area contributed by atoms with Gasteiger partial charge < -0.3 is 5.32 Å². The third kappa shape index (κ3) is 3.90. The van der Waals surface area contributed by atoms with Gasteiger partial charge >= 0.3 is 0 Å². The molecular weight excluding hydrogens is 267 g/mol. The average Bonchev–Trinajstić information content (AvgIpc) is 2.45. The highest BCUT2D eigenvalue weighted by molar-refractivity contribution is 5.92. The van der Waals surface area contributed by atoms with Crippen LogP contribution in [0.25, 0.3) is 0 Å². The third-order valence-corrected chi connectivity index (χ3v) is 3.12. The summed E-state index contributed by atoms with van der Waals surface area (Å²) in [6.07, 6.45) is 0.884. The molecule has 4 heteroatoms. The lowest BCUT2D eigenvalue weighted by atomic mass is 10.1. The quantitative estimate of drug-likeness (QED) is 0.932. The van der Waals surface area contributed by atoms with Crippen molar-refractivity contribution in [2.75, 3.05) is 5.32 Å². The van der Waals surface area contributed by atoms with Gasteiger partial charge in [-0.05, 0) is 31.0 Å². The Morgan fingerprint density at radius 2 is 2.05 bits per heavy atom. The number of benzene rings is 2. The number of halogens is 1. The maximum atomic E-state index is 13.4. The summed E-state index contributed by atoms with van der Waals surface area (Å²) in [5.74, 6) is -0.868. The van der Waals surface area contributed by atoms with Crippen LogP contribution in [0, 0.1) is 24.1 Å². The maximum Gasteiger partial charge on any atom is 0.224 e. The van der Waals surface area contributed by atoms with Gasteiger partial charge in [0.1, 0.15) is 17.4 Å². The third-order valence-electron chi connectivity index (χ3n) is 3.12. The second kappa shape index (κ2) is 6.67. The van der Waals surface area contributed by atoms with Crippen molar-refractivity contribution >= 4 is 11.6 Å².